The van der Waals surface area contributed by atoms with Crippen LogP contribution in [0, 0.1) is 5.92 Å². The van der Waals surface area contributed by atoms with E-state index in [1.807, 2.05) is 0 Å². The molecule has 0 aromatic heterocycles. The Balaban J connectivity index is 1.82. The maximum atomic E-state index is 6.63. The summed E-state index contributed by atoms with van der Waals surface area (Å²) < 4.78 is 6.63. The van der Waals surface area contributed by atoms with Gasteiger partial charge in [-0.1, -0.05) is 55.7 Å². The molecule has 1 saturated heterocycles. The molecule has 0 N–H and O–H groups in total. The Bertz CT molecular complexity index is 417. The average molecular weight is 256 g/mol. The van der Waals surface area contributed by atoms with Gasteiger partial charge in [0, 0.05) is 5.92 Å². The Morgan fingerprint density at radius 3 is 2.47 bits per heavy atom. The summed E-state index contributed by atoms with van der Waals surface area (Å²) in [6.07, 6.45) is 11.2. The van der Waals surface area contributed by atoms with Gasteiger partial charge < -0.3 is 4.74 Å². The van der Waals surface area contributed by atoms with E-state index in [2.05, 4.69) is 43.0 Å². The molecule has 1 spiro atoms. The van der Waals surface area contributed by atoms with E-state index in [1.165, 1.54) is 44.1 Å². The van der Waals surface area contributed by atoms with Crippen LogP contribution in [0.5, 0.6) is 0 Å². The fraction of sp³-hybridized carbons (Fsp3) is 0.556. The average Bonchev–Trinajstić information content (AvgIpc) is 2.49. The van der Waals surface area contributed by atoms with Crippen molar-refractivity contribution in [3.63, 3.8) is 0 Å². The molecule has 1 nitrogen and oxygen atoms in total. The Morgan fingerprint density at radius 1 is 1.05 bits per heavy atom. The van der Waals surface area contributed by atoms with Crippen LogP contribution in [0.25, 0.3) is 0 Å². The molecule has 0 bridgehead atoms. The summed E-state index contributed by atoms with van der Waals surface area (Å²) >= 11 is 0. The van der Waals surface area contributed by atoms with Crippen molar-refractivity contribution < 1.29 is 4.74 Å². The topological polar surface area (TPSA) is 9.23 Å². The van der Waals surface area contributed by atoms with E-state index in [1.54, 1.807) is 0 Å². The van der Waals surface area contributed by atoms with Gasteiger partial charge in [0.1, 0.15) is 0 Å². The van der Waals surface area contributed by atoms with Gasteiger partial charge in [-0.25, -0.2) is 0 Å². The van der Waals surface area contributed by atoms with Gasteiger partial charge >= 0.3 is 0 Å². The van der Waals surface area contributed by atoms with Crippen molar-refractivity contribution in [1.82, 2.24) is 0 Å². The van der Waals surface area contributed by atoms with Crippen molar-refractivity contribution in [2.75, 3.05) is 0 Å². The molecule has 3 rings (SSSR count). The van der Waals surface area contributed by atoms with Gasteiger partial charge in [-0.2, -0.15) is 0 Å². The second-order valence-electron chi connectivity index (χ2n) is 6.06. The van der Waals surface area contributed by atoms with Crippen LogP contribution < -0.4 is 0 Å². The molecule has 2 atom stereocenters. The predicted octanol–water partition coefficient (Wildman–Crippen LogP) is 5.04. The van der Waals surface area contributed by atoms with Gasteiger partial charge in [0.25, 0.3) is 0 Å². The summed E-state index contributed by atoms with van der Waals surface area (Å²) in [6.45, 7) is 4.05. The summed E-state index contributed by atoms with van der Waals surface area (Å²) in [5, 5.41) is 0. The minimum absolute atomic E-state index is 0.0821. The van der Waals surface area contributed by atoms with E-state index in [-0.39, 0.29) is 11.7 Å². The second-order valence-corrected chi connectivity index (χ2v) is 6.06. The van der Waals surface area contributed by atoms with Crippen molar-refractivity contribution in [2.45, 2.75) is 56.7 Å². The molecule has 1 aromatic rings. The normalized spacial score (nSPS) is 30.1. The molecule has 1 aromatic carbocycles. The molecule has 0 radical (unpaired) electrons. The van der Waals surface area contributed by atoms with Gasteiger partial charge in [-0.3, -0.25) is 0 Å². The highest BCUT2D eigenvalue weighted by Crippen LogP contribution is 2.48. The third-order valence-electron chi connectivity index (χ3n) is 4.95. The lowest BCUT2D eigenvalue weighted by atomic mass is 9.71. The zero-order valence-corrected chi connectivity index (χ0v) is 11.7. The minimum Gasteiger partial charge on any atom is -0.366 e. The molecular weight excluding hydrogens is 232 g/mol. The third kappa shape index (κ3) is 2.49. The summed E-state index contributed by atoms with van der Waals surface area (Å²) in [5.74, 6) is 0.549. The predicted molar refractivity (Wildman–Crippen MR) is 79.0 cm³/mol. The van der Waals surface area contributed by atoms with Crippen molar-refractivity contribution in [1.29, 1.82) is 0 Å². The molecule has 102 valence electrons. The van der Waals surface area contributed by atoms with E-state index in [0.717, 1.165) is 6.42 Å². The van der Waals surface area contributed by atoms with Crippen LogP contribution in [-0.2, 0) is 4.74 Å². The largest absolute Gasteiger partial charge is 0.366 e. The molecule has 0 amide bonds. The van der Waals surface area contributed by atoms with Crippen LogP contribution in [0.2, 0.25) is 0 Å². The lowest BCUT2D eigenvalue weighted by molar-refractivity contribution is -0.170. The van der Waals surface area contributed by atoms with Crippen molar-refractivity contribution in [3.05, 3.63) is 48.6 Å². The number of benzene rings is 1. The van der Waals surface area contributed by atoms with Gasteiger partial charge in [-0.05, 0) is 31.2 Å². The van der Waals surface area contributed by atoms with Crippen molar-refractivity contribution in [3.8, 4) is 0 Å². The number of hydrogen-bond acceptors (Lipinski definition) is 1. The van der Waals surface area contributed by atoms with Crippen molar-refractivity contribution >= 4 is 0 Å². The molecule has 1 heterocycles. The first kappa shape index (κ1) is 12.9. The van der Waals surface area contributed by atoms with E-state index in [0.29, 0.717) is 5.92 Å². The molecule has 2 fully saturated rings. The third-order valence-corrected chi connectivity index (χ3v) is 4.95. The van der Waals surface area contributed by atoms with Crippen molar-refractivity contribution in [2.24, 2.45) is 5.92 Å². The zero-order valence-electron chi connectivity index (χ0n) is 11.7. The Labute approximate surface area is 116 Å². The van der Waals surface area contributed by atoms with E-state index in [4.69, 9.17) is 4.74 Å². The highest BCUT2D eigenvalue weighted by Gasteiger charge is 2.44. The quantitative estimate of drug-likeness (QED) is 0.673. The maximum Gasteiger partial charge on any atom is 0.0833 e. The summed E-state index contributed by atoms with van der Waals surface area (Å²) in [4.78, 5) is 0. The van der Waals surface area contributed by atoms with Crippen LogP contribution in [-0.4, -0.2) is 5.60 Å². The summed E-state index contributed by atoms with van der Waals surface area (Å²) in [5.41, 5.74) is 1.42. The smallest absolute Gasteiger partial charge is 0.0833 e. The van der Waals surface area contributed by atoms with E-state index >= 15 is 0 Å². The lowest BCUT2D eigenvalue weighted by Gasteiger charge is -2.48. The first-order valence-corrected chi connectivity index (χ1v) is 7.69. The van der Waals surface area contributed by atoms with Crippen LogP contribution in [0.1, 0.15) is 56.6 Å². The fourth-order valence-corrected chi connectivity index (χ4v) is 3.90. The lowest BCUT2D eigenvalue weighted by Crippen LogP contribution is -2.46. The standard InChI is InChI=1S/C18H24O/c1-2-16-11-12-17(15-9-5-3-6-10-15)19-18(16)13-7-4-8-14-18/h2-3,5-6,9-10,16-17H,1,4,7-8,11-14H2. The van der Waals surface area contributed by atoms with Gasteiger partial charge in [0.15, 0.2) is 0 Å². The molecular formula is C18H24O. The summed E-state index contributed by atoms with van der Waals surface area (Å²) in [6, 6.07) is 10.7. The van der Waals surface area contributed by atoms with Crippen LogP contribution in [0.15, 0.2) is 43.0 Å². The summed E-state index contributed by atoms with van der Waals surface area (Å²) in [7, 11) is 0. The Hall–Kier alpha value is -1.08. The van der Waals surface area contributed by atoms with E-state index < -0.39 is 0 Å². The van der Waals surface area contributed by atoms with Gasteiger partial charge in [-0.15, -0.1) is 6.58 Å². The van der Waals surface area contributed by atoms with Crippen LogP contribution in [0.4, 0.5) is 0 Å². The SMILES string of the molecule is C=CC1CCC(c2ccccc2)OC12CCCCC2. The first-order chi connectivity index (χ1) is 9.34. The first-order valence-electron chi connectivity index (χ1n) is 7.69. The molecule has 1 aliphatic carbocycles. The Morgan fingerprint density at radius 2 is 1.79 bits per heavy atom. The highest BCUT2D eigenvalue weighted by atomic mass is 16.5. The molecule has 1 heteroatoms. The van der Waals surface area contributed by atoms with Crippen LogP contribution >= 0.6 is 0 Å². The minimum atomic E-state index is 0.0821. The van der Waals surface area contributed by atoms with Gasteiger partial charge in [0.05, 0.1) is 11.7 Å². The number of hydrogen-bond donors (Lipinski definition) is 0. The molecule has 1 saturated carbocycles. The monoisotopic (exact) mass is 256 g/mol. The van der Waals surface area contributed by atoms with Crippen LogP contribution in [0.3, 0.4) is 0 Å². The Kier molecular flexibility index (Phi) is 3.74. The maximum absolute atomic E-state index is 6.63. The van der Waals surface area contributed by atoms with E-state index in [9.17, 15) is 0 Å². The molecule has 2 unspecified atom stereocenters. The molecule has 2 aliphatic rings. The highest BCUT2D eigenvalue weighted by molar-refractivity contribution is 5.19. The number of rotatable bonds is 2. The molecule has 1 aliphatic heterocycles. The van der Waals surface area contributed by atoms with Gasteiger partial charge in [0.2, 0.25) is 0 Å². The zero-order chi connectivity index (χ0) is 13.1. The number of ether oxygens (including phenoxy) is 1. The molecule has 19 heavy (non-hydrogen) atoms. The second kappa shape index (κ2) is 5.50. The fourth-order valence-electron chi connectivity index (χ4n) is 3.90.